The van der Waals surface area contributed by atoms with Crippen LogP contribution in [-0.2, 0) is 6.54 Å². The number of rotatable bonds is 5. The van der Waals surface area contributed by atoms with Gasteiger partial charge in [-0.2, -0.15) is 0 Å². The van der Waals surface area contributed by atoms with Crippen LogP contribution in [0, 0.1) is 17.0 Å². The van der Waals surface area contributed by atoms with Crippen molar-refractivity contribution in [3.63, 3.8) is 0 Å². The predicted octanol–water partition coefficient (Wildman–Crippen LogP) is 4.76. The monoisotopic (exact) mass is 461 g/mol. The fourth-order valence-electron chi connectivity index (χ4n) is 4.34. The van der Waals surface area contributed by atoms with Crippen LogP contribution in [0.25, 0.3) is 5.57 Å². The van der Waals surface area contributed by atoms with Gasteiger partial charge in [0.1, 0.15) is 23.6 Å². The lowest BCUT2D eigenvalue weighted by Gasteiger charge is -2.30. The average Bonchev–Trinajstić information content (AvgIpc) is 2.80. The van der Waals surface area contributed by atoms with Crippen LogP contribution in [0.2, 0.25) is 0 Å². The van der Waals surface area contributed by atoms with Crippen molar-refractivity contribution in [2.24, 2.45) is 5.73 Å². The van der Waals surface area contributed by atoms with Gasteiger partial charge in [-0.25, -0.2) is 8.78 Å². The molecule has 0 spiro atoms. The summed E-state index contributed by atoms with van der Waals surface area (Å²) in [6.45, 7) is 7.55. The highest BCUT2D eigenvalue weighted by Crippen LogP contribution is 2.43. The summed E-state index contributed by atoms with van der Waals surface area (Å²) >= 11 is 0. The minimum Gasteiger partial charge on any atom is -0.384 e. The molecule has 174 valence electrons. The first-order chi connectivity index (χ1) is 16.1. The normalized spacial score (nSPS) is 16.4. The van der Waals surface area contributed by atoms with Crippen molar-refractivity contribution in [1.29, 1.82) is 5.41 Å². The van der Waals surface area contributed by atoms with Crippen molar-refractivity contribution >= 4 is 17.3 Å². The highest BCUT2D eigenvalue weighted by Gasteiger charge is 2.29. The van der Waals surface area contributed by atoms with E-state index in [0.29, 0.717) is 5.56 Å². The van der Waals surface area contributed by atoms with E-state index >= 15 is 0 Å². The van der Waals surface area contributed by atoms with Gasteiger partial charge in [0.2, 0.25) is 0 Å². The van der Waals surface area contributed by atoms with Gasteiger partial charge >= 0.3 is 0 Å². The van der Waals surface area contributed by atoms with Crippen LogP contribution in [0.1, 0.15) is 75.2 Å². The van der Waals surface area contributed by atoms with Gasteiger partial charge in [-0.1, -0.05) is 43.3 Å². The van der Waals surface area contributed by atoms with E-state index in [1.165, 1.54) is 0 Å². The molecule has 0 aliphatic heterocycles. The number of amidine groups is 1. The van der Waals surface area contributed by atoms with Gasteiger partial charge in [0.25, 0.3) is 5.91 Å². The van der Waals surface area contributed by atoms with Gasteiger partial charge in [0.15, 0.2) is 0 Å². The van der Waals surface area contributed by atoms with E-state index in [-0.39, 0.29) is 23.6 Å². The Labute approximate surface area is 196 Å². The van der Waals surface area contributed by atoms with Crippen molar-refractivity contribution in [2.75, 3.05) is 0 Å². The molecule has 34 heavy (non-hydrogen) atoms. The minimum absolute atomic E-state index is 0.0672. The summed E-state index contributed by atoms with van der Waals surface area (Å²) in [5, 5.41) is 20.8. The van der Waals surface area contributed by atoms with Crippen molar-refractivity contribution < 1.29 is 18.7 Å². The summed E-state index contributed by atoms with van der Waals surface area (Å²) in [6.07, 6.45) is -0.819. The topological polar surface area (TPSA) is 99.2 Å². The number of benzene rings is 3. The number of hydrogen-bond donors (Lipinski definition) is 4. The van der Waals surface area contributed by atoms with Crippen LogP contribution >= 0.6 is 0 Å². The third-order valence-electron chi connectivity index (χ3n) is 6.33. The maximum absolute atomic E-state index is 14.3. The molecule has 5 nitrogen and oxygen atoms in total. The molecular formula is C27H25F2N3O2. The Balaban J connectivity index is 1.59. The standard InChI is InChI=1S/C27H25F2N3O2/c1-13(2)15-4-6-18-20(8-15)14(3)21-9-16(5-7-19(21)25(18)33)27(34)32-12-22-23(28)10-17(26(30)31)11-24(22)29/h4-11,14,25,33H,1,12H2,2-3H3,(H3,30,31)(H,32,34)/t14-,25+/m1/s1. The predicted molar refractivity (Wildman–Crippen MR) is 128 cm³/mol. The molecule has 0 heterocycles. The fraction of sp³-hybridized carbons (Fsp3) is 0.185. The maximum atomic E-state index is 14.3. The number of halogens is 2. The van der Waals surface area contributed by atoms with Gasteiger partial charge in [0, 0.05) is 29.2 Å². The molecule has 0 saturated carbocycles. The SMILES string of the molecule is C=C(C)c1ccc2c(c1)[C@@H](C)c1cc(C(=O)NCc3c(F)cc(C(=N)N)cc3F)ccc1[C@H]2O. The summed E-state index contributed by atoms with van der Waals surface area (Å²) in [5.41, 5.74) is 10.4. The number of nitrogens with one attached hydrogen (secondary N) is 2. The zero-order valence-corrected chi connectivity index (χ0v) is 18.9. The van der Waals surface area contributed by atoms with Crippen LogP contribution in [-0.4, -0.2) is 16.8 Å². The summed E-state index contributed by atoms with van der Waals surface area (Å²) < 4.78 is 28.6. The largest absolute Gasteiger partial charge is 0.384 e. The minimum atomic E-state index is -0.891. The van der Waals surface area contributed by atoms with E-state index in [2.05, 4.69) is 11.9 Å². The Kier molecular flexibility index (Phi) is 6.06. The van der Waals surface area contributed by atoms with Crippen molar-refractivity contribution in [3.05, 3.63) is 111 Å². The summed E-state index contributed by atoms with van der Waals surface area (Å²) in [4.78, 5) is 12.8. The molecule has 0 fully saturated rings. The molecule has 0 bridgehead atoms. The highest BCUT2D eigenvalue weighted by molar-refractivity contribution is 5.95. The average molecular weight is 462 g/mol. The molecule has 1 amide bonds. The Morgan fingerprint density at radius 2 is 1.53 bits per heavy atom. The van der Waals surface area contributed by atoms with E-state index < -0.39 is 29.5 Å². The van der Waals surface area contributed by atoms with Crippen LogP contribution in [0.4, 0.5) is 8.78 Å². The number of carbonyl (C=O) groups excluding carboxylic acids is 1. The first-order valence-corrected chi connectivity index (χ1v) is 10.8. The number of allylic oxidation sites excluding steroid dienone is 1. The lowest BCUT2D eigenvalue weighted by Crippen LogP contribution is -2.25. The van der Waals surface area contributed by atoms with Gasteiger partial charge < -0.3 is 16.2 Å². The number of hydrogen-bond acceptors (Lipinski definition) is 3. The molecule has 0 unspecified atom stereocenters. The maximum Gasteiger partial charge on any atom is 0.251 e. The lowest BCUT2D eigenvalue weighted by molar-refractivity contribution is 0.0950. The molecule has 0 saturated heterocycles. The third-order valence-corrected chi connectivity index (χ3v) is 6.33. The van der Waals surface area contributed by atoms with Gasteiger partial charge in [0.05, 0.1) is 0 Å². The lowest BCUT2D eigenvalue weighted by atomic mass is 9.76. The van der Waals surface area contributed by atoms with E-state index in [1.54, 1.807) is 18.2 Å². The number of nitrogens with two attached hydrogens (primary N) is 1. The van der Waals surface area contributed by atoms with Crippen molar-refractivity contribution in [2.45, 2.75) is 32.4 Å². The van der Waals surface area contributed by atoms with E-state index in [1.807, 2.05) is 32.0 Å². The molecule has 5 N–H and O–H groups in total. The second-order valence-electron chi connectivity index (χ2n) is 8.61. The summed E-state index contributed by atoms with van der Waals surface area (Å²) in [7, 11) is 0. The Bertz CT molecular complexity index is 1330. The second kappa shape index (κ2) is 8.83. The van der Waals surface area contributed by atoms with Gasteiger partial charge in [-0.3, -0.25) is 10.2 Å². The first kappa shape index (κ1) is 23.3. The summed E-state index contributed by atoms with van der Waals surface area (Å²) in [5.74, 6) is -2.80. The molecule has 1 aliphatic rings. The van der Waals surface area contributed by atoms with Crippen LogP contribution < -0.4 is 11.1 Å². The van der Waals surface area contributed by atoms with Crippen LogP contribution in [0.3, 0.4) is 0 Å². The summed E-state index contributed by atoms with van der Waals surface area (Å²) in [6, 6.07) is 12.8. The zero-order valence-electron chi connectivity index (χ0n) is 18.9. The van der Waals surface area contributed by atoms with E-state index in [9.17, 15) is 18.7 Å². The van der Waals surface area contributed by atoms with E-state index in [0.717, 1.165) is 45.5 Å². The number of carbonyl (C=O) groups is 1. The Morgan fingerprint density at radius 1 is 1.00 bits per heavy atom. The number of fused-ring (bicyclic) bond motifs is 2. The Morgan fingerprint density at radius 3 is 2.06 bits per heavy atom. The molecule has 2 atom stereocenters. The fourth-order valence-corrected chi connectivity index (χ4v) is 4.34. The molecular weight excluding hydrogens is 436 g/mol. The third kappa shape index (κ3) is 4.10. The smallest absolute Gasteiger partial charge is 0.251 e. The number of aliphatic hydroxyl groups is 1. The molecule has 0 radical (unpaired) electrons. The zero-order chi connectivity index (χ0) is 24.7. The molecule has 3 aromatic rings. The van der Waals surface area contributed by atoms with Crippen molar-refractivity contribution in [3.8, 4) is 0 Å². The molecule has 4 rings (SSSR count). The van der Waals surface area contributed by atoms with Crippen LogP contribution in [0.15, 0.2) is 55.1 Å². The second-order valence-corrected chi connectivity index (χ2v) is 8.61. The van der Waals surface area contributed by atoms with E-state index in [4.69, 9.17) is 11.1 Å². The van der Waals surface area contributed by atoms with Gasteiger partial charge in [-0.05, 0) is 59.0 Å². The number of nitrogen functional groups attached to an aromatic ring is 1. The van der Waals surface area contributed by atoms with Gasteiger partial charge in [-0.15, -0.1) is 0 Å². The first-order valence-electron chi connectivity index (χ1n) is 10.8. The van der Waals surface area contributed by atoms with Crippen LogP contribution in [0.5, 0.6) is 0 Å². The highest BCUT2D eigenvalue weighted by atomic mass is 19.1. The Hall–Kier alpha value is -3.84. The van der Waals surface area contributed by atoms with Crippen molar-refractivity contribution in [1.82, 2.24) is 5.32 Å². The molecule has 3 aromatic carbocycles. The molecule has 7 heteroatoms. The quantitative estimate of drug-likeness (QED) is 0.326. The molecule has 0 aromatic heterocycles. The molecule has 1 aliphatic carbocycles. The number of aliphatic hydroxyl groups excluding tert-OH is 1. The number of amides is 1.